The van der Waals surface area contributed by atoms with Crippen molar-refractivity contribution in [2.45, 2.75) is 31.3 Å². The van der Waals surface area contributed by atoms with Gasteiger partial charge in [0.15, 0.2) is 0 Å². The monoisotopic (exact) mass is 296 g/mol. The molecule has 3 atom stereocenters. The standard InChI is InChI=1S/C15H24N2O4/c1-15(14(19)21-4)8-11(13(18)20-3)12(16-15)10-6-5-7-17(2)9-10/h6,11-12,16H,5,7-9H2,1-4H3/t11-,12-,15-/m0/s1. The molecule has 6 nitrogen and oxygen atoms in total. The minimum absolute atomic E-state index is 0.177. The lowest BCUT2D eigenvalue weighted by molar-refractivity contribution is -0.148. The van der Waals surface area contributed by atoms with Crippen LogP contribution in [0.5, 0.6) is 0 Å². The minimum atomic E-state index is -0.852. The molecule has 0 amide bonds. The molecular formula is C15H24N2O4. The molecule has 2 aliphatic heterocycles. The highest BCUT2D eigenvalue weighted by atomic mass is 16.5. The van der Waals surface area contributed by atoms with E-state index in [1.54, 1.807) is 6.92 Å². The van der Waals surface area contributed by atoms with Gasteiger partial charge in [-0.1, -0.05) is 6.08 Å². The second kappa shape index (κ2) is 6.15. The van der Waals surface area contributed by atoms with Crippen LogP contribution in [0.3, 0.4) is 0 Å². The van der Waals surface area contributed by atoms with E-state index in [0.717, 1.165) is 25.1 Å². The molecule has 1 saturated heterocycles. The number of methoxy groups -OCH3 is 2. The van der Waals surface area contributed by atoms with Crippen molar-refractivity contribution in [1.82, 2.24) is 10.2 Å². The van der Waals surface area contributed by atoms with Crippen LogP contribution in [0, 0.1) is 5.92 Å². The maximum atomic E-state index is 12.1. The van der Waals surface area contributed by atoms with Crippen molar-refractivity contribution in [3.63, 3.8) is 0 Å². The van der Waals surface area contributed by atoms with Crippen LogP contribution in [0.2, 0.25) is 0 Å². The lowest BCUT2D eigenvalue weighted by Gasteiger charge is -2.30. The first-order chi connectivity index (χ1) is 9.91. The molecule has 0 aromatic heterocycles. The third kappa shape index (κ3) is 3.11. The zero-order chi connectivity index (χ0) is 15.6. The van der Waals surface area contributed by atoms with Crippen LogP contribution in [0.15, 0.2) is 11.6 Å². The molecule has 0 spiro atoms. The highest BCUT2D eigenvalue weighted by Crippen LogP contribution is 2.35. The van der Waals surface area contributed by atoms with Crippen LogP contribution in [0.25, 0.3) is 0 Å². The second-order valence-corrected chi connectivity index (χ2v) is 6.08. The van der Waals surface area contributed by atoms with Crippen LogP contribution in [-0.2, 0) is 19.1 Å². The van der Waals surface area contributed by atoms with Gasteiger partial charge in [0, 0.05) is 19.1 Å². The van der Waals surface area contributed by atoms with Gasteiger partial charge in [-0.25, -0.2) is 0 Å². The normalized spacial score (nSPS) is 33.4. The third-order valence-electron chi connectivity index (χ3n) is 4.41. The van der Waals surface area contributed by atoms with E-state index in [9.17, 15) is 9.59 Å². The molecule has 0 saturated carbocycles. The molecule has 1 fully saturated rings. The first kappa shape index (κ1) is 16.0. The average molecular weight is 296 g/mol. The summed E-state index contributed by atoms with van der Waals surface area (Å²) in [7, 11) is 4.80. The number of hydrogen-bond acceptors (Lipinski definition) is 6. The minimum Gasteiger partial charge on any atom is -0.469 e. The highest BCUT2D eigenvalue weighted by molar-refractivity contribution is 5.84. The molecule has 0 aliphatic carbocycles. The number of rotatable bonds is 3. The third-order valence-corrected chi connectivity index (χ3v) is 4.41. The topological polar surface area (TPSA) is 67.9 Å². The predicted molar refractivity (Wildman–Crippen MR) is 77.7 cm³/mol. The Labute approximate surface area is 125 Å². The fourth-order valence-electron chi connectivity index (χ4n) is 3.30. The highest BCUT2D eigenvalue weighted by Gasteiger charge is 2.51. The quantitative estimate of drug-likeness (QED) is 0.598. The Morgan fingerprint density at radius 1 is 1.38 bits per heavy atom. The fraction of sp³-hybridized carbons (Fsp3) is 0.733. The molecule has 0 aromatic carbocycles. The number of esters is 2. The molecular weight excluding hydrogens is 272 g/mol. The molecule has 0 bridgehead atoms. The van der Waals surface area contributed by atoms with Gasteiger partial charge in [-0.15, -0.1) is 0 Å². The molecule has 2 rings (SSSR count). The summed E-state index contributed by atoms with van der Waals surface area (Å²) in [6.07, 6.45) is 3.50. The van der Waals surface area contributed by atoms with Gasteiger partial charge < -0.3 is 14.4 Å². The van der Waals surface area contributed by atoms with Crippen LogP contribution in [0.1, 0.15) is 19.8 Å². The number of hydrogen-bond donors (Lipinski definition) is 1. The maximum Gasteiger partial charge on any atom is 0.325 e. The Morgan fingerprint density at radius 2 is 2.10 bits per heavy atom. The van der Waals surface area contributed by atoms with Crippen molar-refractivity contribution < 1.29 is 19.1 Å². The lowest BCUT2D eigenvalue weighted by Crippen LogP contribution is -2.49. The van der Waals surface area contributed by atoms with Crippen molar-refractivity contribution in [1.29, 1.82) is 0 Å². The van der Waals surface area contributed by atoms with Crippen molar-refractivity contribution in [2.24, 2.45) is 5.92 Å². The number of nitrogens with zero attached hydrogens (tertiary/aromatic N) is 1. The summed E-state index contributed by atoms with van der Waals surface area (Å²) in [5.41, 5.74) is 0.293. The van der Waals surface area contributed by atoms with Crippen LogP contribution >= 0.6 is 0 Å². The van der Waals surface area contributed by atoms with Crippen molar-refractivity contribution in [3.05, 3.63) is 11.6 Å². The zero-order valence-electron chi connectivity index (χ0n) is 13.1. The summed E-state index contributed by atoms with van der Waals surface area (Å²) < 4.78 is 9.79. The molecule has 6 heteroatoms. The number of carbonyl (C=O) groups is 2. The van der Waals surface area contributed by atoms with E-state index in [0.29, 0.717) is 6.42 Å². The summed E-state index contributed by atoms with van der Waals surface area (Å²) in [6.45, 7) is 3.58. The van der Waals surface area contributed by atoms with Crippen molar-refractivity contribution in [2.75, 3.05) is 34.4 Å². The summed E-state index contributed by atoms with van der Waals surface area (Å²) in [5, 5.41) is 3.30. The van der Waals surface area contributed by atoms with Gasteiger partial charge in [-0.05, 0) is 32.4 Å². The van der Waals surface area contributed by atoms with Gasteiger partial charge in [0.25, 0.3) is 0 Å². The smallest absolute Gasteiger partial charge is 0.325 e. The van der Waals surface area contributed by atoms with E-state index in [1.807, 2.05) is 0 Å². The van der Waals surface area contributed by atoms with E-state index in [4.69, 9.17) is 9.47 Å². The van der Waals surface area contributed by atoms with E-state index >= 15 is 0 Å². The molecule has 2 heterocycles. The number of nitrogens with one attached hydrogen (secondary N) is 1. The van der Waals surface area contributed by atoms with Gasteiger partial charge in [0.2, 0.25) is 0 Å². The average Bonchev–Trinajstić information content (AvgIpc) is 2.85. The summed E-state index contributed by atoms with van der Waals surface area (Å²) >= 11 is 0. The summed E-state index contributed by atoms with van der Waals surface area (Å²) in [5.74, 6) is -0.991. The van der Waals surface area contributed by atoms with Crippen LogP contribution in [0.4, 0.5) is 0 Å². The Morgan fingerprint density at radius 3 is 2.67 bits per heavy atom. The molecule has 21 heavy (non-hydrogen) atoms. The number of likely N-dealkylation sites (N-methyl/N-ethyl adjacent to an activating group) is 1. The first-order valence-electron chi connectivity index (χ1n) is 7.22. The van der Waals surface area contributed by atoms with E-state index in [1.165, 1.54) is 14.2 Å². The molecule has 2 aliphatic rings. The van der Waals surface area contributed by atoms with Crippen molar-refractivity contribution in [3.8, 4) is 0 Å². The fourth-order valence-corrected chi connectivity index (χ4v) is 3.30. The van der Waals surface area contributed by atoms with Crippen molar-refractivity contribution >= 4 is 11.9 Å². The Balaban J connectivity index is 2.26. The zero-order valence-corrected chi connectivity index (χ0v) is 13.1. The van der Waals surface area contributed by atoms with Gasteiger partial charge in [0.1, 0.15) is 5.54 Å². The molecule has 0 unspecified atom stereocenters. The summed E-state index contributed by atoms with van der Waals surface area (Å²) in [6, 6.07) is -0.177. The molecule has 118 valence electrons. The van der Waals surface area contributed by atoms with Crippen LogP contribution < -0.4 is 5.32 Å². The van der Waals surface area contributed by atoms with E-state index < -0.39 is 5.54 Å². The van der Waals surface area contributed by atoms with E-state index in [-0.39, 0.29) is 23.9 Å². The first-order valence-corrected chi connectivity index (χ1v) is 7.22. The van der Waals surface area contributed by atoms with Gasteiger partial charge >= 0.3 is 11.9 Å². The Hall–Kier alpha value is -1.40. The SMILES string of the molecule is COC(=O)[C@H]1C[C@@](C)(C(=O)OC)N[C@H]1C1=CCCN(C)C1. The molecule has 1 N–H and O–H groups in total. The molecule has 0 radical (unpaired) electrons. The molecule has 0 aromatic rings. The largest absolute Gasteiger partial charge is 0.469 e. The Bertz CT molecular complexity index is 463. The number of ether oxygens (including phenoxy) is 2. The second-order valence-electron chi connectivity index (χ2n) is 6.08. The number of carbonyl (C=O) groups excluding carboxylic acids is 2. The summed E-state index contributed by atoms with van der Waals surface area (Å²) in [4.78, 5) is 26.3. The van der Waals surface area contributed by atoms with E-state index in [2.05, 4.69) is 23.3 Å². The van der Waals surface area contributed by atoms with Crippen LogP contribution in [-0.4, -0.2) is 62.8 Å². The lowest BCUT2D eigenvalue weighted by atomic mass is 9.89. The Kier molecular flexibility index (Phi) is 4.68. The van der Waals surface area contributed by atoms with Gasteiger partial charge in [-0.3, -0.25) is 14.9 Å². The predicted octanol–water partition coefficient (Wildman–Crippen LogP) is 0.331. The van der Waals surface area contributed by atoms with Gasteiger partial charge in [0.05, 0.1) is 20.1 Å². The van der Waals surface area contributed by atoms with Gasteiger partial charge in [-0.2, -0.15) is 0 Å². The maximum absolute atomic E-state index is 12.1.